The van der Waals surface area contributed by atoms with Crippen LogP contribution in [0.2, 0.25) is 0 Å². The van der Waals surface area contributed by atoms with Crippen molar-refractivity contribution >= 4 is 23.7 Å². The highest BCUT2D eigenvalue weighted by Crippen LogP contribution is 2.20. The van der Waals surface area contributed by atoms with Crippen molar-refractivity contribution in [1.82, 2.24) is 10.2 Å². The molecular formula is C32H49FN2O4S. The van der Waals surface area contributed by atoms with Crippen LogP contribution in [0, 0.1) is 6.92 Å². The van der Waals surface area contributed by atoms with Gasteiger partial charge in [0.05, 0.1) is 12.4 Å². The van der Waals surface area contributed by atoms with Gasteiger partial charge in [-0.15, -0.1) is 11.3 Å². The molecule has 6 nitrogen and oxygen atoms in total. The van der Waals surface area contributed by atoms with E-state index in [1.807, 2.05) is 20.8 Å². The number of amides is 2. The van der Waals surface area contributed by atoms with Crippen molar-refractivity contribution in [3.05, 3.63) is 94.5 Å². The molecule has 0 aliphatic heterocycles. The molecule has 0 bridgehead atoms. The molecule has 0 saturated carbocycles. The van der Waals surface area contributed by atoms with E-state index in [0.29, 0.717) is 31.5 Å². The van der Waals surface area contributed by atoms with E-state index in [2.05, 4.69) is 61.1 Å². The monoisotopic (exact) mass is 576 g/mol. The summed E-state index contributed by atoms with van der Waals surface area (Å²) in [4.78, 5) is 24.7. The number of thiophene rings is 1. The maximum absolute atomic E-state index is 11.8. The van der Waals surface area contributed by atoms with E-state index in [1.165, 1.54) is 39.5 Å². The lowest BCUT2D eigenvalue weighted by Crippen LogP contribution is -2.45. The van der Waals surface area contributed by atoms with E-state index in [0.717, 1.165) is 25.7 Å². The standard InChI is InChI=1S/C15H17NOS.C12H21NO3.C3H5F.C2H6/c1-12-4-2-3-5-14(12)8-13-9-15(18-10-13)6-7-16-11-17;1-5-7-13(8-9(3)6-2)12(16)11(15)10(4)14;1-2-3-4;1-2/h2-5,9-11H,6-8H2,1H3,(H,16,17);6,10-11,14-15H,2-3,5,7-8H2,1,4H3;2-3H,1H3;1-2H3/b;;3-2+;. The molecule has 2 amide bonds. The second-order valence-electron chi connectivity index (χ2n) is 8.61. The summed E-state index contributed by atoms with van der Waals surface area (Å²) < 4.78 is 10.5. The summed E-state index contributed by atoms with van der Waals surface area (Å²) in [5.41, 5.74) is 4.79. The quantitative estimate of drug-likeness (QED) is 0.151. The van der Waals surface area contributed by atoms with Gasteiger partial charge in [-0.1, -0.05) is 70.3 Å². The summed E-state index contributed by atoms with van der Waals surface area (Å²) in [6.45, 7) is 20.0. The van der Waals surface area contributed by atoms with Gasteiger partial charge in [0, 0.05) is 24.5 Å². The summed E-state index contributed by atoms with van der Waals surface area (Å²) in [6, 6.07) is 10.7. The molecule has 2 atom stereocenters. The van der Waals surface area contributed by atoms with E-state index in [9.17, 15) is 19.1 Å². The summed E-state index contributed by atoms with van der Waals surface area (Å²) in [6.07, 6.45) is 4.41. The van der Waals surface area contributed by atoms with Crippen molar-refractivity contribution in [1.29, 1.82) is 0 Å². The van der Waals surface area contributed by atoms with E-state index in [1.54, 1.807) is 24.3 Å². The average Bonchev–Trinajstić information content (AvgIpc) is 3.41. The van der Waals surface area contributed by atoms with Gasteiger partial charge in [0.15, 0.2) is 6.10 Å². The van der Waals surface area contributed by atoms with Crippen LogP contribution >= 0.6 is 11.3 Å². The molecule has 8 heteroatoms. The number of nitrogens with one attached hydrogen (secondary N) is 1. The summed E-state index contributed by atoms with van der Waals surface area (Å²) >= 11 is 1.77. The molecule has 0 saturated heterocycles. The Bertz CT molecular complexity index is 1000. The number of nitrogens with zero attached hydrogens (tertiary/aromatic N) is 1. The fourth-order valence-electron chi connectivity index (χ4n) is 3.17. The van der Waals surface area contributed by atoms with E-state index in [4.69, 9.17) is 5.11 Å². The van der Waals surface area contributed by atoms with Crippen molar-refractivity contribution in [2.75, 3.05) is 19.6 Å². The normalized spacial score (nSPS) is 11.3. The first-order valence-corrected chi connectivity index (χ1v) is 14.5. The predicted molar refractivity (Wildman–Crippen MR) is 167 cm³/mol. The second-order valence-corrected chi connectivity index (χ2v) is 9.61. The van der Waals surface area contributed by atoms with Crippen LogP contribution in [0.3, 0.4) is 0 Å². The van der Waals surface area contributed by atoms with E-state index in [-0.39, 0.29) is 0 Å². The molecule has 1 aromatic carbocycles. The Labute approximate surface area is 244 Å². The predicted octanol–water partition coefficient (Wildman–Crippen LogP) is 6.16. The lowest BCUT2D eigenvalue weighted by atomic mass is 10.0. The van der Waals surface area contributed by atoms with Crippen molar-refractivity contribution < 1.29 is 24.2 Å². The summed E-state index contributed by atoms with van der Waals surface area (Å²) in [5, 5.41) is 23.5. The zero-order valence-electron chi connectivity index (χ0n) is 25.0. The Morgan fingerprint density at radius 1 is 1.25 bits per heavy atom. The van der Waals surface area contributed by atoms with Gasteiger partial charge in [0.2, 0.25) is 6.41 Å². The Hall–Kier alpha value is -3.07. The number of carbonyl (C=O) groups is 2. The number of aliphatic hydroxyl groups is 2. The molecule has 224 valence electrons. The molecule has 0 radical (unpaired) electrons. The SMILES string of the molecule is C/C=C/F.C=CC(=C)CN(CCC)C(=O)C(O)C(C)O.CC.Cc1ccccc1Cc1csc(CCNC=O)c1. The first kappa shape index (κ1) is 39.1. The van der Waals surface area contributed by atoms with Gasteiger partial charge in [-0.2, -0.15) is 0 Å². The zero-order chi connectivity index (χ0) is 30.9. The maximum atomic E-state index is 11.8. The van der Waals surface area contributed by atoms with Gasteiger partial charge in [-0.3, -0.25) is 9.59 Å². The number of allylic oxidation sites excluding steroid dienone is 1. The molecule has 0 aliphatic carbocycles. The summed E-state index contributed by atoms with van der Waals surface area (Å²) in [7, 11) is 0. The lowest BCUT2D eigenvalue weighted by molar-refractivity contribution is -0.145. The Balaban J connectivity index is 0. The average molecular weight is 577 g/mol. The van der Waals surface area contributed by atoms with Gasteiger partial charge in [0.1, 0.15) is 0 Å². The molecule has 2 rings (SSSR count). The number of aliphatic hydroxyl groups excluding tert-OH is 2. The second kappa shape index (κ2) is 24.9. The molecule has 0 spiro atoms. The zero-order valence-corrected chi connectivity index (χ0v) is 25.8. The number of rotatable bonds is 13. The third-order valence-corrected chi connectivity index (χ3v) is 6.33. The van der Waals surface area contributed by atoms with Gasteiger partial charge < -0.3 is 20.4 Å². The van der Waals surface area contributed by atoms with Crippen LogP contribution in [-0.2, 0) is 22.4 Å². The van der Waals surface area contributed by atoms with E-state index < -0.39 is 18.1 Å². The molecule has 0 fully saturated rings. The number of hydrogen-bond acceptors (Lipinski definition) is 5. The Morgan fingerprint density at radius 2 is 1.88 bits per heavy atom. The number of halogens is 1. The lowest BCUT2D eigenvalue weighted by Gasteiger charge is -2.26. The third-order valence-electron chi connectivity index (χ3n) is 5.29. The molecule has 0 aliphatic rings. The molecule has 2 unspecified atom stereocenters. The van der Waals surface area contributed by atoms with Crippen LogP contribution in [0.4, 0.5) is 4.39 Å². The minimum atomic E-state index is -1.37. The smallest absolute Gasteiger partial charge is 0.254 e. The van der Waals surface area contributed by atoms with Crippen LogP contribution in [0.15, 0.2) is 72.9 Å². The Kier molecular flexibility index (Phi) is 24.4. The van der Waals surface area contributed by atoms with E-state index >= 15 is 0 Å². The van der Waals surface area contributed by atoms with Crippen molar-refractivity contribution in [2.45, 2.75) is 73.0 Å². The highest BCUT2D eigenvalue weighted by atomic mass is 32.1. The third kappa shape index (κ3) is 17.5. The van der Waals surface area contributed by atoms with Crippen LogP contribution < -0.4 is 5.32 Å². The van der Waals surface area contributed by atoms with Crippen LogP contribution in [-0.4, -0.2) is 59.3 Å². The first-order valence-electron chi connectivity index (χ1n) is 13.6. The van der Waals surface area contributed by atoms with Crippen molar-refractivity contribution in [3.63, 3.8) is 0 Å². The number of hydrogen-bond donors (Lipinski definition) is 3. The molecule has 1 aromatic heterocycles. The molecule has 3 N–H and O–H groups in total. The van der Waals surface area contributed by atoms with Gasteiger partial charge in [-0.25, -0.2) is 4.39 Å². The molecular weight excluding hydrogens is 527 g/mol. The number of carbonyl (C=O) groups excluding carboxylic acids is 2. The first-order chi connectivity index (χ1) is 19.1. The van der Waals surface area contributed by atoms with Gasteiger partial charge >= 0.3 is 0 Å². The van der Waals surface area contributed by atoms with Crippen molar-refractivity contribution in [3.8, 4) is 0 Å². The highest BCUT2D eigenvalue weighted by molar-refractivity contribution is 7.10. The molecule has 1 heterocycles. The van der Waals surface area contributed by atoms with Crippen molar-refractivity contribution in [2.24, 2.45) is 0 Å². The molecule has 2 aromatic rings. The number of benzene rings is 1. The topological polar surface area (TPSA) is 89.9 Å². The largest absolute Gasteiger partial charge is 0.390 e. The minimum Gasteiger partial charge on any atom is -0.390 e. The maximum Gasteiger partial charge on any atom is 0.254 e. The Morgan fingerprint density at radius 3 is 2.38 bits per heavy atom. The number of aryl methyl sites for hydroxylation is 1. The van der Waals surface area contributed by atoms with Gasteiger partial charge in [0.25, 0.3) is 5.91 Å². The highest BCUT2D eigenvalue weighted by Gasteiger charge is 2.25. The van der Waals surface area contributed by atoms with Crippen LogP contribution in [0.1, 0.15) is 62.6 Å². The fraction of sp³-hybridized carbons (Fsp3) is 0.438. The van der Waals surface area contributed by atoms with Crippen LogP contribution in [0.5, 0.6) is 0 Å². The van der Waals surface area contributed by atoms with Crippen LogP contribution in [0.25, 0.3) is 0 Å². The summed E-state index contributed by atoms with van der Waals surface area (Å²) in [5.74, 6) is -0.472. The fourth-order valence-corrected chi connectivity index (χ4v) is 4.07. The minimum absolute atomic E-state index is 0.333. The molecule has 40 heavy (non-hydrogen) atoms. The van der Waals surface area contributed by atoms with Gasteiger partial charge in [-0.05, 0) is 73.7 Å².